The van der Waals surface area contributed by atoms with Gasteiger partial charge in [-0.2, -0.15) is 0 Å². The van der Waals surface area contributed by atoms with Gasteiger partial charge in [0.1, 0.15) is 0 Å². The third-order valence-electron chi connectivity index (χ3n) is 4.80. The molecule has 0 spiro atoms. The van der Waals surface area contributed by atoms with Crippen LogP contribution in [0.2, 0.25) is 0 Å². The molecule has 3 amide bonds. The van der Waals surface area contributed by atoms with Gasteiger partial charge in [0.25, 0.3) is 5.91 Å². The lowest BCUT2D eigenvalue weighted by molar-refractivity contribution is 0.0989. The first kappa shape index (κ1) is 17.8. The summed E-state index contributed by atoms with van der Waals surface area (Å²) in [5.41, 5.74) is 4.31. The van der Waals surface area contributed by atoms with E-state index < -0.39 is 0 Å². The van der Waals surface area contributed by atoms with Gasteiger partial charge in [-0.25, -0.2) is 4.79 Å². The number of carbonyl (C=O) groups excluding carboxylic acids is 2. The zero-order valence-electron chi connectivity index (χ0n) is 15.4. The minimum absolute atomic E-state index is 0.0571. The van der Waals surface area contributed by atoms with E-state index in [1.807, 2.05) is 48.5 Å². The van der Waals surface area contributed by atoms with Crippen molar-refractivity contribution in [3.63, 3.8) is 0 Å². The molecular formula is C23H21N3O2. The smallest absolute Gasteiger partial charge is 0.319 e. The normalized spacial score (nSPS) is 12.4. The van der Waals surface area contributed by atoms with Crippen LogP contribution in [0.3, 0.4) is 0 Å². The molecular weight excluding hydrogens is 350 g/mol. The van der Waals surface area contributed by atoms with Crippen molar-refractivity contribution in [2.24, 2.45) is 0 Å². The molecule has 0 aliphatic carbocycles. The highest BCUT2D eigenvalue weighted by Crippen LogP contribution is 2.29. The Morgan fingerprint density at radius 2 is 1.68 bits per heavy atom. The molecule has 5 nitrogen and oxygen atoms in total. The fraction of sp³-hybridized carbons (Fsp3) is 0.130. The molecule has 0 aromatic heterocycles. The van der Waals surface area contributed by atoms with Crippen molar-refractivity contribution in [1.29, 1.82) is 0 Å². The molecule has 3 aromatic carbocycles. The van der Waals surface area contributed by atoms with Crippen LogP contribution in [0.15, 0.2) is 78.9 Å². The molecule has 4 rings (SSSR count). The zero-order chi connectivity index (χ0) is 19.3. The summed E-state index contributed by atoms with van der Waals surface area (Å²) in [5, 5.41) is 5.62. The SMILES string of the molecule is O=C(NCc1ccccc1)Nc1cccc(C(=O)N2CCc3ccccc32)c1. The maximum atomic E-state index is 13.0. The Labute approximate surface area is 164 Å². The number of urea groups is 1. The number of para-hydroxylation sites is 1. The van der Waals surface area contributed by atoms with Crippen LogP contribution in [-0.2, 0) is 13.0 Å². The van der Waals surface area contributed by atoms with Crippen molar-refractivity contribution in [1.82, 2.24) is 5.32 Å². The van der Waals surface area contributed by atoms with E-state index in [1.165, 1.54) is 5.56 Å². The standard InChI is InChI=1S/C23H21N3O2/c27-22(26-14-13-18-9-4-5-12-21(18)26)19-10-6-11-20(15-19)25-23(28)24-16-17-7-2-1-3-8-17/h1-12,15H,13-14,16H2,(H2,24,25,28). The number of nitrogens with zero attached hydrogens (tertiary/aromatic N) is 1. The predicted octanol–water partition coefficient (Wildman–Crippen LogP) is 4.21. The lowest BCUT2D eigenvalue weighted by atomic mass is 10.1. The first-order chi connectivity index (χ1) is 13.7. The summed E-state index contributed by atoms with van der Waals surface area (Å²) in [7, 11) is 0. The van der Waals surface area contributed by atoms with Crippen molar-refractivity contribution in [3.8, 4) is 0 Å². The largest absolute Gasteiger partial charge is 0.334 e. The molecule has 1 heterocycles. The van der Waals surface area contributed by atoms with E-state index in [4.69, 9.17) is 0 Å². The van der Waals surface area contributed by atoms with E-state index >= 15 is 0 Å². The van der Waals surface area contributed by atoms with Crippen LogP contribution in [0.25, 0.3) is 0 Å². The number of nitrogens with one attached hydrogen (secondary N) is 2. The minimum atomic E-state index is -0.306. The second-order valence-corrected chi connectivity index (χ2v) is 6.71. The van der Waals surface area contributed by atoms with E-state index in [2.05, 4.69) is 16.7 Å². The first-order valence-electron chi connectivity index (χ1n) is 9.29. The van der Waals surface area contributed by atoms with Crippen LogP contribution < -0.4 is 15.5 Å². The first-order valence-corrected chi connectivity index (χ1v) is 9.29. The number of benzene rings is 3. The lowest BCUT2D eigenvalue weighted by Gasteiger charge is -2.18. The summed E-state index contributed by atoms with van der Waals surface area (Å²) in [6, 6.07) is 24.4. The molecule has 0 radical (unpaired) electrons. The number of anilines is 2. The third kappa shape index (κ3) is 3.88. The predicted molar refractivity (Wildman–Crippen MR) is 111 cm³/mol. The van der Waals surface area contributed by atoms with Crippen LogP contribution >= 0.6 is 0 Å². The highest BCUT2D eigenvalue weighted by molar-refractivity contribution is 6.08. The Morgan fingerprint density at radius 3 is 2.54 bits per heavy atom. The summed E-state index contributed by atoms with van der Waals surface area (Å²) in [6.07, 6.45) is 0.863. The number of hydrogen-bond acceptors (Lipinski definition) is 2. The van der Waals surface area contributed by atoms with Crippen LogP contribution in [0.4, 0.5) is 16.2 Å². The summed E-state index contributed by atoms with van der Waals surface area (Å²) < 4.78 is 0. The summed E-state index contributed by atoms with van der Waals surface area (Å²) >= 11 is 0. The minimum Gasteiger partial charge on any atom is -0.334 e. The Kier molecular flexibility index (Phi) is 5.06. The number of carbonyl (C=O) groups is 2. The van der Waals surface area contributed by atoms with Gasteiger partial charge in [-0.15, -0.1) is 0 Å². The van der Waals surface area contributed by atoms with Crippen LogP contribution in [0.1, 0.15) is 21.5 Å². The summed E-state index contributed by atoms with van der Waals surface area (Å²) in [4.78, 5) is 26.9. The van der Waals surface area contributed by atoms with Crippen LogP contribution in [0, 0.1) is 0 Å². The summed E-state index contributed by atoms with van der Waals surface area (Å²) in [5.74, 6) is -0.0571. The van der Waals surface area contributed by atoms with Crippen molar-refractivity contribution >= 4 is 23.3 Å². The monoisotopic (exact) mass is 371 g/mol. The third-order valence-corrected chi connectivity index (χ3v) is 4.80. The molecule has 0 bridgehead atoms. The van der Waals surface area contributed by atoms with Crippen molar-refractivity contribution in [2.75, 3.05) is 16.8 Å². The van der Waals surface area contributed by atoms with Gasteiger partial charge in [0, 0.05) is 30.0 Å². The molecule has 0 unspecified atom stereocenters. The molecule has 28 heavy (non-hydrogen) atoms. The fourth-order valence-corrected chi connectivity index (χ4v) is 3.39. The Bertz CT molecular complexity index is 1000. The average molecular weight is 371 g/mol. The van der Waals surface area contributed by atoms with Gasteiger partial charge in [0.2, 0.25) is 0 Å². The van der Waals surface area contributed by atoms with Gasteiger partial charge >= 0.3 is 6.03 Å². The number of amides is 3. The van der Waals surface area contributed by atoms with E-state index in [9.17, 15) is 9.59 Å². The van der Waals surface area contributed by atoms with Crippen molar-refractivity contribution < 1.29 is 9.59 Å². The molecule has 1 aliphatic heterocycles. The number of fused-ring (bicyclic) bond motifs is 1. The quantitative estimate of drug-likeness (QED) is 0.722. The number of rotatable bonds is 4. The van der Waals surface area contributed by atoms with E-state index in [1.54, 1.807) is 29.2 Å². The molecule has 0 atom stereocenters. The lowest BCUT2D eigenvalue weighted by Crippen LogP contribution is -2.30. The molecule has 1 aliphatic rings. The topological polar surface area (TPSA) is 61.4 Å². The van der Waals surface area contributed by atoms with Crippen LogP contribution in [-0.4, -0.2) is 18.5 Å². The van der Waals surface area contributed by atoms with Gasteiger partial charge in [-0.05, 0) is 41.8 Å². The highest BCUT2D eigenvalue weighted by Gasteiger charge is 2.25. The van der Waals surface area contributed by atoms with Gasteiger partial charge in [0.05, 0.1) is 0 Å². The molecule has 2 N–H and O–H groups in total. The van der Waals surface area contributed by atoms with Gasteiger partial charge in [0.15, 0.2) is 0 Å². The number of hydrogen-bond donors (Lipinski definition) is 2. The van der Waals surface area contributed by atoms with E-state index in [-0.39, 0.29) is 11.9 Å². The second-order valence-electron chi connectivity index (χ2n) is 6.71. The van der Waals surface area contributed by atoms with Gasteiger partial charge in [-0.3, -0.25) is 4.79 Å². The molecule has 3 aromatic rings. The van der Waals surface area contributed by atoms with Gasteiger partial charge in [-0.1, -0.05) is 54.6 Å². The molecule has 5 heteroatoms. The highest BCUT2D eigenvalue weighted by atomic mass is 16.2. The van der Waals surface area contributed by atoms with E-state index in [0.717, 1.165) is 17.7 Å². The zero-order valence-corrected chi connectivity index (χ0v) is 15.4. The maximum Gasteiger partial charge on any atom is 0.319 e. The second kappa shape index (κ2) is 7.96. The van der Waals surface area contributed by atoms with Crippen molar-refractivity contribution in [3.05, 3.63) is 95.6 Å². The maximum absolute atomic E-state index is 13.0. The fourth-order valence-electron chi connectivity index (χ4n) is 3.39. The Hall–Kier alpha value is -3.60. The summed E-state index contributed by atoms with van der Waals surface area (Å²) in [6.45, 7) is 1.11. The van der Waals surface area contributed by atoms with Gasteiger partial charge < -0.3 is 15.5 Å². The van der Waals surface area contributed by atoms with E-state index in [0.29, 0.717) is 24.3 Å². The molecule has 0 saturated carbocycles. The van der Waals surface area contributed by atoms with Crippen molar-refractivity contribution in [2.45, 2.75) is 13.0 Å². The average Bonchev–Trinajstić information content (AvgIpc) is 3.17. The Morgan fingerprint density at radius 1 is 0.893 bits per heavy atom. The Balaban J connectivity index is 1.42. The van der Waals surface area contributed by atoms with Crippen LogP contribution in [0.5, 0.6) is 0 Å². The molecule has 140 valence electrons. The molecule has 0 fully saturated rings. The molecule has 0 saturated heterocycles.